The second kappa shape index (κ2) is 6.58. The van der Waals surface area contributed by atoms with Crippen molar-refractivity contribution in [3.63, 3.8) is 0 Å². The second-order valence-corrected chi connectivity index (χ2v) is 4.44. The lowest BCUT2D eigenvalue weighted by molar-refractivity contribution is -0.115. The number of nitrogens with one attached hydrogen (secondary N) is 1. The van der Waals surface area contributed by atoms with Gasteiger partial charge in [-0.2, -0.15) is 0 Å². The lowest BCUT2D eigenvalue weighted by atomic mass is 10.1. The fraction of sp³-hybridized carbons (Fsp3) is 0.250. The molecule has 0 aliphatic rings. The highest BCUT2D eigenvalue weighted by atomic mass is 16.1. The van der Waals surface area contributed by atoms with Crippen LogP contribution in [-0.4, -0.2) is 15.5 Å². The first-order chi connectivity index (χ1) is 9.70. The van der Waals surface area contributed by atoms with Crippen LogP contribution in [0.1, 0.15) is 24.0 Å². The molecule has 2 aromatic rings. The molecule has 0 aliphatic carbocycles. The molecule has 1 aromatic carbocycles. The van der Waals surface area contributed by atoms with Crippen molar-refractivity contribution in [2.75, 3.05) is 0 Å². The molecule has 0 saturated carbocycles. The minimum atomic E-state index is -0.278. The Labute approximate surface area is 118 Å². The van der Waals surface area contributed by atoms with Crippen LogP contribution in [0.25, 0.3) is 0 Å². The Kier molecular flexibility index (Phi) is 4.56. The molecule has 1 aromatic heterocycles. The number of nitrogens with zero attached hydrogens (tertiary/aromatic N) is 2. The quantitative estimate of drug-likeness (QED) is 0.856. The predicted octanol–water partition coefficient (Wildman–Crippen LogP) is 1.65. The Hall–Kier alpha value is -2.54. The first-order valence-electron chi connectivity index (χ1n) is 6.44. The zero-order valence-electron chi connectivity index (χ0n) is 11.7. The minimum absolute atomic E-state index is 0.278. The van der Waals surface area contributed by atoms with Gasteiger partial charge in [-0.15, -0.1) is 0 Å². The van der Waals surface area contributed by atoms with E-state index in [0.717, 1.165) is 17.9 Å². The summed E-state index contributed by atoms with van der Waals surface area (Å²) in [4.78, 5) is 15.6. The highest BCUT2D eigenvalue weighted by Crippen LogP contribution is 2.10. The van der Waals surface area contributed by atoms with Crippen LogP contribution in [0.2, 0.25) is 0 Å². The lowest BCUT2D eigenvalue weighted by Gasteiger charge is -2.06. The number of benzene rings is 1. The first kappa shape index (κ1) is 13.9. The summed E-state index contributed by atoms with van der Waals surface area (Å²) in [6.07, 6.45) is 2.67. The van der Waals surface area contributed by atoms with E-state index in [-0.39, 0.29) is 5.91 Å². The van der Waals surface area contributed by atoms with Crippen LogP contribution in [-0.2, 0) is 24.8 Å². The maximum atomic E-state index is 11.3. The van der Waals surface area contributed by atoms with Gasteiger partial charge in [0.15, 0.2) is 0 Å². The molecule has 20 heavy (non-hydrogen) atoms. The van der Waals surface area contributed by atoms with Gasteiger partial charge < -0.3 is 9.88 Å². The van der Waals surface area contributed by atoms with Crippen LogP contribution in [0.4, 0.5) is 0 Å². The Morgan fingerprint density at radius 3 is 2.80 bits per heavy atom. The third kappa shape index (κ3) is 3.48. The van der Waals surface area contributed by atoms with Crippen molar-refractivity contribution in [2.24, 2.45) is 7.05 Å². The first-order valence-corrected chi connectivity index (χ1v) is 6.44. The van der Waals surface area contributed by atoms with E-state index >= 15 is 0 Å². The smallest absolute Gasteiger partial charge is 0.296 e. The van der Waals surface area contributed by atoms with Crippen molar-refractivity contribution < 1.29 is 4.79 Å². The molecule has 102 valence electrons. The summed E-state index contributed by atoms with van der Waals surface area (Å²) < 4.78 is 2.01. The topological polar surface area (TPSA) is 46.9 Å². The summed E-state index contributed by atoms with van der Waals surface area (Å²) in [5, 5.41) is 2.72. The molecular formula is C16H17N3O. The molecule has 0 spiro atoms. The molecule has 0 unspecified atom stereocenters. The number of imidazole rings is 1. The third-order valence-electron chi connectivity index (χ3n) is 3.05. The average molecular weight is 267 g/mol. The molecule has 0 bridgehead atoms. The summed E-state index contributed by atoms with van der Waals surface area (Å²) >= 11 is 0. The van der Waals surface area contributed by atoms with Crippen LogP contribution in [0, 0.1) is 11.8 Å². The maximum Gasteiger partial charge on any atom is 0.296 e. The van der Waals surface area contributed by atoms with Crippen molar-refractivity contribution in [2.45, 2.75) is 19.9 Å². The third-order valence-corrected chi connectivity index (χ3v) is 3.05. The van der Waals surface area contributed by atoms with Gasteiger partial charge in [0.2, 0.25) is 0 Å². The molecule has 0 fully saturated rings. The van der Waals surface area contributed by atoms with Crippen molar-refractivity contribution >= 4 is 5.91 Å². The van der Waals surface area contributed by atoms with Gasteiger partial charge in [0.05, 0.1) is 6.54 Å². The molecule has 4 heteroatoms. The number of carbonyl (C=O) groups excluding carboxylic acids is 1. The van der Waals surface area contributed by atoms with Crippen molar-refractivity contribution in [1.82, 2.24) is 14.9 Å². The fourth-order valence-corrected chi connectivity index (χ4v) is 1.94. The largest absolute Gasteiger partial charge is 0.338 e. The van der Waals surface area contributed by atoms with Crippen LogP contribution < -0.4 is 5.32 Å². The summed E-state index contributed by atoms with van der Waals surface area (Å²) in [6.45, 7) is 2.02. The highest BCUT2D eigenvalue weighted by Gasteiger charge is 2.07. The molecule has 0 radical (unpaired) electrons. The lowest BCUT2D eigenvalue weighted by Crippen LogP contribution is -2.22. The van der Waals surface area contributed by atoms with E-state index in [0.29, 0.717) is 6.54 Å². The van der Waals surface area contributed by atoms with E-state index in [1.165, 1.54) is 5.56 Å². The highest BCUT2D eigenvalue weighted by molar-refractivity contribution is 5.93. The maximum absolute atomic E-state index is 11.3. The Morgan fingerprint density at radius 1 is 1.35 bits per heavy atom. The van der Waals surface area contributed by atoms with Gasteiger partial charge in [-0.25, -0.2) is 4.98 Å². The number of hydrogen-bond donors (Lipinski definition) is 1. The zero-order valence-corrected chi connectivity index (χ0v) is 11.7. The van der Waals surface area contributed by atoms with Gasteiger partial charge in [0.25, 0.3) is 5.91 Å². The fourth-order valence-electron chi connectivity index (χ4n) is 1.94. The van der Waals surface area contributed by atoms with Gasteiger partial charge in [-0.3, -0.25) is 4.79 Å². The van der Waals surface area contributed by atoms with Gasteiger partial charge in [-0.1, -0.05) is 36.3 Å². The number of carbonyl (C=O) groups is 1. The molecule has 1 N–H and O–H groups in total. The molecule has 0 aliphatic heterocycles. The molecule has 0 atom stereocenters. The number of hydrogen-bond acceptors (Lipinski definition) is 2. The second-order valence-electron chi connectivity index (χ2n) is 4.44. The SMILES string of the molecule is CC#CC(=O)NCc1ncc(Cc2ccccc2)n1C. The molecule has 1 amide bonds. The van der Waals surface area contributed by atoms with Gasteiger partial charge in [0, 0.05) is 25.4 Å². The van der Waals surface area contributed by atoms with Crippen molar-refractivity contribution in [3.05, 3.63) is 53.6 Å². The Balaban J connectivity index is 2.03. The van der Waals surface area contributed by atoms with E-state index < -0.39 is 0 Å². The van der Waals surface area contributed by atoms with E-state index in [1.807, 2.05) is 36.0 Å². The van der Waals surface area contributed by atoms with E-state index in [2.05, 4.69) is 34.3 Å². The average Bonchev–Trinajstić information content (AvgIpc) is 2.79. The summed E-state index contributed by atoms with van der Waals surface area (Å²) in [5.74, 6) is 5.56. The molecule has 4 nitrogen and oxygen atoms in total. The minimum Gasteiger partial charge on any atom is -0.338 e. The van der Waals surface area contributed by atoms with E-state index in [4.69, 9.17) is 0 Å². The zero-order chi connectivity index (χ0) is 14.4. The summed E-state index contributed by atoms with van der Waals surface area (Å²) in [7, 11) is 1.96. The number of amides is 1. The monoisotopic (exact) mass is 267 g/mol. The molecule has 0 saturated heterocycles. The Morgan fingerprint density at radius 2 is 2.10 bits per heavy atom. The number of aromatic nitrogens is 2. The van der Waals surface area contributed by atoms with Gasteiger partial charge in [0.1, 0.15) is 5.82 Å². The summed E-state index contributed by atoms with van der Waals surface area (Å²) in [5.41, 5.74) is 2.35. The Bertz CT molecular complexity index is 647. The van der Waals surface area contributed by atoms with Crippen LogP contribution in [0.3, 0.4) is 0 Å². The van der Waals surface area contributed by atoms with Crippen LogP contribution >= 0.6 is 0 Å². The standard InChI is InChI=1S/C16H17N3O/c1-3-7-16(20)18-12-15-17-11-14(19(15)2)10-13-8-5-4-6-9-13/h4-6,8-9,11H,10,12H2,1-2H3,(H,18,20). The molecule has 1 heterocycles. The van der Waals surface area contributed by atoms with E-state index in [1.54, 1.807) is 6.92 Å². The van der Waals surface area contributed by atoms with Gasteiger partial charge >= 0.3 is 0 Å². The van der Waals surface area contributed by atoms with Gasteiger partial charge in [-0.05, 0) is 18.4 Å². The molecule has 2 rings (SSSR count). The van der Waals surface area contributed by atoms with Crippen LogP contribution in [0.15, 0.2) is 36.5 Å². The summed E-state index contributed by atoms with van der Waals surface area (Å²) in [6, 6.07) is 10.2. The number of rotatable bonds is 4. The van der Waals surface area contributed by atoms with Crippen molar-refractivity contribution in [1.29, 1.82) is 0 Å². The van der Waals surface area contributed by atoms with E-state index in [9.17, 15) is 4.79 Å². The van der Waals surface area contributed by atoms with Crippen molar-refractivity contribution in [3.8, 4) is 11.8 Å². The normalized spacial score (nSPS) is 9.70. The molecular weight excluding hydrogens is 250 g/mol. The predicted molar refractivity (Wildman–Crippen MR) is 77.8 cm³/mol. The van der Waals surface area contributed by atoms with Crippen LogP contribution in [0.5, 0.6) is 0 Å².